The first-order valence-electron chi connectivity index (χ1n) is 7.33. The molecule has 25 heavy (non-hydrogen) atoms. The van der Waals surface area contributed by atoms with Gasteiger partial charge in [-0.05, 0) is 19.1 Å². The molecule has 10 heteroatoms. The molecule has 0 aliphatic carbocycles. The zero-order chi connectivity index (χ0) is 18.1. The number of thioether (sulfide) groups is 1. The van der Waals surface area contributed by atoms with Crippen molar-refractivity contribution in [2.75, 3.05) is 12.4 Å². The molecule has 2 aromatic heterocycles. The Morgan fingerprint density at radius 3 is 2.76 bits per heavy atom. The minimum absolute atomic E-state index is 0.0276. The molecule has 0 aromatic carbocycles. The van der Waals surface area contributed by atoms with Crippen molar-refractivity contribution in [2.24, 2.45) is 0 Å². The molecule has 0 radical (unpaired) electrons. The molecular formula is C15H17N5O4S. The molecule has 132 valence electrons. The third kappa shape index (κ3) is 6.26. The van der Waals surface area contributed by atoms with Crippen LogP contribution in [0, 0.1) is 0 Å². The number of pyridine rings is 1. The monoisotopic (exact) mass is 363 g/mol. The average molecular weight is 363 g/mol. The Morgan fingerprint density at radius 2 is 2.04 bits per heavy atom. The van der Waals surface area contributed by atoms with E-state index in [1.165, 1.54) is 0 Å². The number of aromatic nitrogens is 3. The molecule has 0 spiro atoms. The Labute approximate surface area is 148 Å². The van der Waals surface area contributed by atoms with Crippen molar-refractivity contribution < 1.29 is 18.7 Å². The summed E-state index contributed by atoms with van der Waals surface area (Å²) in [5.74, 6) is -0.347. The smallest absolute Gasteiger partial charge is 0.311 e. The fraction of sp³-hybridized carbons (Fsp3) is 0.267. The van der Waals surface area contributed by atoms with Gasteiger partial charge >= 0.3 is 5.97 Å². The minimum Gasteiger partial charge on any atom is -0.466 e. The molecule has 0 fully saturated rings. The van der Waals surface area contributed by atoms with Gasteiger partial charge in [-0.3, -0.25) is 20.0 Å². The number of carbonyl (C=O) groups excluding carboxylic acids is 2. The second-order valence-corrected chi connectivity index (χ2v) is 5.58. The number of rotatable bonds is 9. The molecule has 0 atom stereocenters. The summed E-state index contributed by atoms with van der Waals surface area (Å²) in [5.41, 5.74) is 6.06. The van der Waals surface area contributed by atoms with E-state index in [9.17, 15) is 9.59 Å². The maximum Gasteiger partial charge on any atom is 0.311 e. The Hall–Kier alpha value is -2.88. The quantitative estimate of drug-likeness (QED) is 0.386. The van der Waals surface area contributed by atoms with Crippen LogP contribution in [0.3, 0.4) is 0 Å². The van der Waals surface area contributed by atoms with Crippen molar-refractivity contribution in [3.05, 3.63) is 36.8 Å². The van der Waals surface area contributed by atoms with Gasteiger partial charge in [-0.25, -0.2) is 0 Å². The Balaban J connectivity index is 1.73. The summed E-state index contributed by atoms with van der Waals surface area (Å²) >= 11 is 1.09. The molecule has 0 saturated heterocycles. The summed E-state index contributed by atoms with van der Waals surface area (Å²) in [6.07, 6.45) is 3.21. The van der Waals surface area contributed by atoms with Gasteiger partial charge in [0.2, 0.25) is 11.8 Å². The van der Waals surface area contributed by atoms with Crippen molar-refractivity contribution in [3.63, 3.8) is 0 Å². The van der Waals surface area contributed by atoms with Crippen molar-refractivity contribution in [1.29, 1.82) is 0 Å². The number of carbonyl (C=O) groups is 2. The second kappa shape index (κ2) is 9.42. The second-order valence-electron chi connectivity index (χ2n) is 4.66. The van der Waals surface area contributed by atoms with E-state index in [0.717, 1.165) is 17.3 Å². The van der Waals surface area contributed by atoms with E-state index in [-0.39, 0.29) is 23.3 Å². The first-order chi connectivity index (χ1) is 12.1. The number of nitrogens with one attached hydrogen (secondary N) is 2. The predicted molar refractivity (Wildman–Crippen MR) is 89.9 cm³/mol. The molecule has 0 aliphatic rings. The summed E-state index contributed by atoms with van der Waals surface area (Å²) in [6.45, 7) is 5.63. The van der Waals surface area contributed by atoms with Crippen LogP contribution < -0.4 is 10.9 Å². The number of amides is 1. The van der Waals surface area contributed by atoms with Gasteiger partial charge in [0.1, 0.15) is 0 Å². The van der Waals surface area contributed by atoms with E-state index >= 15 is 0 Å². The van der Waals surface area contributed by atoms with Gasteiger partial charge in [-0.1, -0.05) is 18.3 Å². The third-order valence-electron chi connectivity index (χ3n) is 2.70. The van der Waals surface area contributed by atoms with E-state index < -0.39 is 5.97 Å². The maximum absolute atomic E-state index is 11.8. The van der Waals surface area contributed by atoms with Gasteiger partial charge < -0.3 is 14.6 Å². The van der Waals surface area contributed by atoms with E-state index in [2.05, 4.69) is 32.6 Å². The van der Waals surface area contributed by atoms with Crippen molar-refractivity contribution in [1.82, 2.24) is 26.0 Å². The van der Waals surface area contributed by atoms with Gasteiger partial charge in [0.05, 0.1) is 18.8 Å². The highest BCUT2D eigenvalue weighted by Crippen LogP contribution is 2.22. The number of ether oxygens (including phenoxy) is 1. The molecule has 2 N–H and O–H groups in total. The molecule has 0 aliphatic heterocycles. The average Bonchev–Trinajstić information content (AvgIpc) is 3.08. The molecule has 2 rings (SSSR count). The summed E-state index contributed by atoms with van der Waals surface area (Å²) < 4.78 is 10.2. The minimum atomic E-state index is -0.418. The first kappa shape index (κ1) is 18.5. The lowest BCUT2D eigenvalue weighted by Gasteiger charge is -2.09. The predicted octanol–water partition coefficient (Wildman–Crippen LogP) is 1.31. The number of hydrogen-bond donors (Lipinski definition) is 2. The van der Waals surface area contributed by atoms with Crippen LogP contribution in [0.15, 0.2) is 46.4 Å². The van der Waals surface area contributed by atoms with Crippen LogP contribution in [0.4, 0.5) is 0 Å². The van der Waals surface area contributed by atoms with E-state index in [1.807, 2.05) is 0 Å². The standard InChI is InChI=1S/C15H17N5O4S/c1-3-23-13(22)8-10(2)17-18-12(21)9-25-15-20-19-14(24-15)11-4-6-16-7-5-11/h4-7,17H,2-3,8-9H2,1H3,(H,18,21). The van der Waals surface area contributed by atoms with Crippen LogP contribution in [-0.4, -0.2) is 39.4 Å². The molecule has 0 bridgehead atoms. The first-order valence-corrected chi connectivity index (χ1v) is 8.32. The molecular weight excluding hydrogens is 346 g/mol. The molecule has 9 nitrogen and oxygen atoms in total. The van der Waals surface area contributed by atoms with Crippen LogP contribution in [0.5, 0.6) is 0 Å². The van der Waals surface area contributed by atoms with Crippen LogP contribution in [0.1, 0.15) is 13.3 Å². The lowest BCUT2D eigenvalue weighted by molar-refractivity contribution is -0.142. The lowest BCUT2D eigenvalue weighted by atomic mass is 10.3. The summed E-state index contributed by atoms with van der Waals surface area (Å²) in [4.78, 5) is 26.9. The van der Waals surface area contributed by atoms with E-state index in [4.69, 9.17) is 9.15 Å². The van der Waals surface area contributed by atoms with Crippen molar-refractivity contribution in [2.45, 2.75) is 18.6 Å². The lowest BCUT2D eigenvalue weighted by Crippen LogP contribution is -2.38. The topological polar surface area (TPSA) is 119 Å². The molecule has 1 amide bonds. The molecule has 2 aromatic rings. The van der Waals surface area contributed by atoms with Crippen molar-refractivity contribution >= 4 is 23.6 Å². The summed E-state index contributed by atoms with van der Waals surface area (Å²) in [7, 11) is 0. The Morgan fingerprint density at radius 1 is 1.28 bits per heavy atom. The van der Waals surface area contributed by atoms with Crippen LogP contribution in [0.25, 0.3) is 11.5 Å². The van der Waals surface area contributed by atoms with Gasteiger partial charge in [0.25, 0.3) is 5.22 Å². The largest absolute Gasteiger partial charge is 0.466 e. The highest BCUT2D eigenvalue weighted by molar-refractivity contribution is 7.99. The number of esters is 1. The highest BCUT2D eigenvalue weighted by atomic mass is 32.2. The molecule has 0 unspecified atom stereocenters. The third-order valence-corrected chi connectivity index (χ3v) is 3.52. The number of nitrogens with zero attached hydrogens (tertiary/aromatic N) is 3. The summed E-state index contributed by atoms with van der Waals surface area (Å²) in [5, 5.41) is 8.05. The normalized spacial score (nSPS) is 10.1. The fourth-order valence-corrected chi connectivity index (χ4v) is 2.19. The maximum atomic E-state index is 11.8. The number of hydrazine groups is 1. The van der Waals surface area contributed by atoms with Crippen LogP contribution >= 0.6 is 11.8 Å². The van der Waals surface area contributed by atoms with Crippen LogP contribution in [-0.2, 0) is 14.3 Å². The Bertz CT molecular complexity index is 735. The van der Waals surface area contributed by atoms with Gasteiger partial charge in [0.15, 0.2) is 0 Å². The van der Waals surface area contributed by atoms with E-state index in [1.54, 1.807) is 31.5 Å². The zero-order valence-corrected chi connectivity index (χ0v) is 14.3. The van der Waals surface area contributed by atoms with Crippen molar-refractivity contribution in [3.8, 4) is 11.5 Å². The number of hydrogen-bond acceptors (Lipinski definition) is 9. The molecule has 0 saturated carbocycles. The SMILES string of the molecule is C=C(CC(=O)OCC)NNC(=O)CSc1nnc(-c2ccncc2)o1. The summed E-state index contributed by atoms with van der Waals surface area (Å²) in [6, 6.07) is 3.49. The Kier molecular flexibility index (Phi) is 6.96. The fourth-order valence-electron chi connectivity index (χ4n) is 1.63. The highest BCUT2D eigenvalue weighted by Gasteiger charge is 2.11. The van der Waals surface area contributed by atoms with E-state index in [0.29, 0.717) is 18.2 Å². The van der Waals surface area contributed by atoms with Gasteiger partial charge in [0, 0.05) is 23.7 Å². The van der Waals surface area contributed by atoms with Crippen LogP contribution in [0.2, 0.25) is 0 Å². The van der Waals surface area contributed by atoms with Gasteiger partial charge in [-0.2, -0.15) is 0 Å². The van der Waals surface area contributed by atoms with Gasteiger partial charge in [-0.15, -0.1) is 10.2 Å². The zero-order valence-electron chi connectivity index (χ0n) is 13.5. The molecule has 2 heterocycles.